The Morgan fingerprint density at radius 2 is 2.00 bits per heavy atom. The van der Waals surface area contributed by atoms with E-state index in [0.717, 1.165) is 24.3 Å². The van der Waals surface area contributed by atoms with E-state index >= 15 is 0 Å². The van der Waals surface area contributed by atoms with Crippen molar-refractivity contribution >= 4 is 17.3 Å². The molecule has 8 nitrogen and oxygen atoms in total. The van der Waals surface area contributed by atoms with Gasteiger partial charge in [0.1, 0.15) is 5.66 Å². The molecular weight excluding hydrogens is 332 g/mol. The molecule has 1 spiro atoms. The monoisotopic (exact) mass is 356 g/mol. The number of hydrogen-bond acceptors (Lipinski definition) is 7. The molecule has 4 rings (SSSR count). The van der Waals surface area contributed by atoms with Gasteiger partial charge in [0, 0.05) is 44.5 Å². The zero-order chi connectivity index (χ0) is 18.5. The molecule has 1 saturated heterocycles. The smallest absolute Gasteiger partial charge is 0.259 e. The first-order chi connectivity index (χ1) is 12.3. The first kappa shape index (κ1) is 16.8. The predicted molar refractivity (Wildman–Crippen MR) is 96.7 cm³/mol. The van der Waals surface area contributed by atoms with Gasteiger partial charge < -0.3 is 14.3 Å². The molecule has 1 fully saturated rings. The first-order valence-electron chi connectivity index (χ1n) is 8.93. The fourth-order valence-corrected chi connectivity index (χ4v) is 3.46. The third-order valence-electron chi connectivity index (χ3n) is 5.15. The van der Waals surface area contributed by atoms with Crippen LogP contribution >= 0.6 is 0 Å². The minimum absolute atomic E-state index is 0.120. The maximum atomic E-state index is 11.6. The topological polar surface area (TPSA) is 86.9 Å². The summed E-state index contributed by atoms with van der Waals surface area (Å²) in [5.41, 5.74) is 3.69. The molecular formula is C18H24N6O2. The van der Waals surface area contributed by atoms with Crippen molar-refractivity contribution in [2.24, 2.45) is 5.10 Å². The van der Waals surface area contributed by atoms with Gasteiger partial charge in [-0.25, -0.2) is 0 Å². The van der Waals surface area contributed by atoms with E-state index < -0.39 is 0 Å². The maximum Gasteiger partial charge on any atom is 0.259 e. The molecule has 0 radical (unpaired) electrons. The molecule has 26 heavy (non-hydrogen) atoms. The average molecular weight is 356 g/mol. The highest BCUT2D eigenvalue weighted by Gasteiger charge is 2.45. The van der Waals surface area contributed by atoms with Crippen LogP contribution in [0.5, 0.6) is 0 Å². The fourth-order valence-electron chi connectivity index (χ4n) is 3.46. The van der Waals surface area contributed by atoms with Crippen LogP contribution < -0.4 is 5.43 Å². The second-order valence-corrected chi connectivity index (χ2v) is 8.08. The molecule has 0 unspecified atom stereocenters. The summed E-state index contributed by atoms with van der Waals surface area (Å²) in [6.45, 7) is 9.21. The van der Waals surface area contributed by atoms with Crippen LogP contribution in [0.3, 0.4) is 0 Å². The number of amidine groups is 1. The van der Waals surface area contributed by atoms with Crippen LogP contribution in [0.2, 0.25) is 0 Å². The van der Waals surface area contributed by atoms with Crippen LogP contribution in [0.1, 0.15) is 52.3 Å². The van der Waals surface area contributed by atoms with Crippen molar-refractivity contribution in [3.05, 3.63) is 30.1 Å². The van der Waals surface area contributed by atoms with Crippen molar-refractivity contribution in [1.82, 2.24) is 25.4 Å². The minimum Gasteiger partial charge on any atom is -0.343 e. The molecule has 138 valence electrons. The molecule has 1 aromatic heterocycles. The summed E-state index contributed by atoms with van der Waals surface area (Å²) in [5.74, 6) is 2.17. The molecule has 0 aromatic carbocycles. The lowest BCUT2D eigenvalue weighted by Crippen LogP contribution is -2.58. The highest BCUT2D eigenvalue weighted by molar-refractivity contribution is 6.00. The Kier molecular flexibility index (Phi) is 3.68. The maximum absolute atomic E-state index is 11.6. The Morgan fingerprint density at radius 1 is 1.27 bits per heavy atom. The standard InChI is InChI=1S/C18H24N6O2/c1-12(25)23-9-7-18(8-10-23)22-20-14-6-5-13(11-24(14)18)15-19-16(21-26-15)17(2,3)4/h5-6,11,22H,7-10H2,1-4H3. The van der Waals surface area contributed by atoms with Crippen LogP contribution in [0.25, 0.3) is 5.57 Å². The van der Waals surface area contributed by atoms with Gasteiger partial charge in [-0.2, -0.15) is 10.1 Å². The minimum atomic E-state index is -0.301. The zero-order valence-corrected chi connectivity index (χ0v) is 15.6. The van der Waals surface area contributed by atoms with Crippen LogP contribution in [0, 0.1) is 0 Å². The van der Waals surface area contributed by atoms with Gasteiger partial charge in [-0.05, 0) is 12.2 Å². The molecule has 0 bridgehead atoms. The number of fused-ring (bicyclic) bond motifs is 2. The van der Waals surface area contributed by atoms with Gasteiger partial charge in [0.05, 0.1) is 5.57 Å². The molecule has 3 aliphatic heterocycles. The third-order valence-corrected chi connectivity index (χ3v) is 5.15. The van der Waals surface area contributed by atoms with Crippen LogP contribution in [-0.4, -0.2) is 50.4 Å². The number of allylic oxidation sites excluding steroid dienone is 2. The van der Waals surface area contributed by atoms with E-state index in [0.29, 0.717) is 24.8 Å². The number of hydrazone groups is 1. The van der Waals surface area contributed by atoms with Crippen molar-refractivity contribution in [1.29, 1.82) is 0 Å². The van der Waals surface area contributed by atoms with E-state index in [4.69, 9.17) is 4.52 Å². The van der Waals surface area contributed by atoms with Crippen molar-refractivity contribution < 1.29 is 9.32 Å². The summed E-state index contributed by atoms with van der Waals surface area (Å²) in [7, 11) is 0. The summed E-state index contributed by atoms with van der Waals surface area (Å²) in [6.07, 6.45) is 7.51. The van der Waals surface area contributed by atoms with E-state index in [-0.39, 0.29) is 17.0 Å². The second kappa shape index (κ2) is 5.69. The van der Waals surface area contributed by atoms with Gasteiger partial charge in [-0.3, -0.25) is 10.2 Å². The number of nitrogens with one attached hydrogen (secondary N) is 1. The van der Waals surface area contributed by atoms with Gasteiger partial charge in [-0.1, -0.05) is 25.9 Å². The molecule has 8 heteroatoms. The summed E-state index contributed by atoms with van der Waals surface area (Å²) >= 11 is 0. The van der Waals surface area contributed by atoms with Crippen molar-refractivity contribution in [3.63, 3.8) is 0 Å². The lowest BCUT2D eigenvalue weighted by Gasteiger charge is -2.44. The van der Waals surface area contributed by atoms with E-state index in [1.807, 2.05) is 23.3 Å². The number of likely N-dealkylation sites (tertiary alicyclic amines) is 1. The average Bonchev–Trinajstić information content (AvgIpc) is 3.21. The zero-order valence-electron chi connectivity index (χ0n) is 15.6. The number of nitrogens with zero attached hydrogens (tertiary/aromatic N) is 5. The van der Waals surface area contributed by atoms with E-state index in [2.05, 4.69) is 46.3 Å². The van der Waals surface area contributed by atoms with Crippen LogP contribution in [0.15, 0.2) is 28.0 Å². The predicted octanol–water partition coefficient (Wildman–Crippen LogP) is 1.84. The summed E-state index contributed by atoms with van der Waals surface area (Å²) in [4.78, 5) is 20.2. The van der Waals surface area contributed by atoms with Gasteiger partial charge in [-0.15, -0.1) is 0 Å². The largest absolute Gasteiger partial charge is 0.343 e. The number of carbonyl (C=O) groups is 1. The highest BCUT2D eigenvalue weighted by Crippen LogP contribution is 2.35. The Hall–Kier alpha value is -2.64. The first-order valence-corrected chi connectivity index (χ1v) is 8.93. The molecule has 1 aromatic rings. The Labute approximate surface area is 152 Å². The Morgan fingerprint density at radius 3 is 2.62 bits per heavy atom. The van der Waals surface area contributed by atoms with Crippen LogP contribution in [0.4, 0.5) is 0 Å². The molecule has 3 aliphatic rings. The molecule has 4 heterocycles. The highest BCUT2D eigenvalue weighted by atomic mass is 16.5. The van der Waals surface area contributed by atoms with Gasteiger partial charge >= 0.3 is 0 Å². The number of rotatable bonds is 1. The van der Waals surface area contributed by atoms with Crippen LogP contribution in [-0.2, 0) is 10.2 Å². The van der Waals surface area contributed by atoms with Gasteiger partial charge in [0.25, 0.3) is 5.89 Å². The number of piperidine rings is 1. The van der Waals surface area contributed by atoms with Gasteiger partial charge in [0.2, 0.25) is 5.91 Å². The van der Waals surface area contributed by atoms with E-state index in [1.165, 1.54) is 0 Å². The number of aromatic nitrogens is 2. The Balaban J connectivity index is 1.59. The number of carbonyl (C=O) groups excluding carboxylic acids is 1. The molecule has 0 aliphatic carbocycles. The lowest BCUT2D eigenvalue weighted by atomic mass is 9.94. The molecule has 0 atom stereocenters. The van der Waals surface area contributed by atoms with E-state index in [9.17, 15) is 4.79 Å². The van der Waals surface area contributed by atoms with Crippen molar-refractivity contribution in [3.8, 4) is 0 Å². The lowest BCUT2D eigenvalue weighted by molar-refractivity contribution is -0.131. The van der Waals surface area contributed by atoms with Crippen molar-refractivity contribution in [2.75, 3.05) is 13.1 Å². The van der Waals surface area contributed by atoms with E-state index in [1.54, 1.807) is 6.92 Å². The number of hydrogen-bond donors (Lipinski definition) is 1. The number of amides is 1. The quantitative estimate of drug-likeness (QED) is 0.826. The second-order valence-electron chi connectivity index (χ2n) is 8.08. The third kappa shape index (κ3) is 2.69. The van der Waals surface area contributed by atoms with Crippen molar-refractivity contribution in [2.45, 2.75) is 51.6 Å². The summed E-state index contributed by atoms with van der Waals surface area (Å²) in [6, 6.07) is 0. The molecule has 1 N–H and O–H groups in total. The summed E-state index contributed by atoms with van der Waals surface area (Å²) in [5, 5.41) is 8.58. The fraction of sp³-hybridized carbons (Fsp3) is 0.556. The SMILES string of the molecule is CC(=O)N1CCC2(CC1)NN=C1C=CC(c3nc(C(C)(C)C)no3)=CN12. The Bertz CT molecular complexity index is 821. The normalized spacial score (nSPS) is 21.4. The molecule has 0 saturated carbocycles. The van der Waals surface area contributed by atoms with Gasteiger partial charge in [0.15, 0.2) is 11.7 Å². The molecule has 1 amide bonds. The summed E-state index contributed by atoms with van der Waals surface area (Å²) < 4.78 is 5.48.